The van der Waals surface area contributed by atoms with Crippen molar-refractivity contribution in [2.75, 3.05) is 19.7 Å². The standard InChI is InChI=1S/C26H26N2O6S/c1-4-28(5-2)35(30,31)20-14-11-18(12-15-20)23-16-13-19(33-23)17-22-26(29)34-25(27-22)21-9-7-8-10-24(21)32-6-3/h7-17H,4-6H2,1-3H3/b22-17-. The van der Waals surface area contributed by atoms with Crippen LogP contribution in [0.3, 0.4) is 0 Å². The third kappa shape index (κ3) is 5.06. The van der Waals surface area contributed by atoms with Crippen LogP contribution < -0.4 is 4.74 Å². The van der Waals surface area contributed by atoms with Crippen molar-refractivity contribution in [3.8, 4) is 17.1 Å². The second-order valence-corrected chi connectivity index (χ2v) is 9.52. The van der Waals surface area contributed by atoms with Crippen LogP contribution in [0.15, 0.2) is 80.7 Å². The minimum absolute atomic E-state index is 0.105. The number of para-hydroxylation sites is 1. The molecule has 0 bridgehead atoms. The molecule has 4 rings (SSSR count). The Morgan fingerprint density at radius 3 is 2.37 bits per heavy atom. The van der Waals surface area contributed by atoms with Gasteiger partial charge in [0.05, 0.1) is 17.1 Å². The molecule has 8 nitrogen and oxygen atoms in total. The van der Waals surface area contributed by atoms with Gasteiger partial charge in [-0.05, 0) is 55.5 Å². The molecule has 1 aliphatic rings. The molecule has 0 amide bonds. The Bertz CT molecular complexity index is 1380. The predicted octanol–water partition coefficient (Wildman–Crippen LogP) is 4.72. The largest absolute Gasteiger partial charge is 0.493 e. The maximum Gasteiger partial charge on any atom is 0.363 e. The summed E-state index contributed by atoms with van der Waals surface area (Å²) in [6.07, 6.45) is 1.50. The first-order valence-electron chi connectivity index (χ1n) is 11.3. The molecule has 1 aromatic heterocycles. The second kappa shape index (κ2) is 10.3. The summed E-state index contributed by atoms with van der Waals surface area (Å²) >= 11 is 0. The van der Waals surface area contributed by atoms with Crippen molar-refractivity contribution in [2.24, 2.45) is 4.99 Å². The van der Waals surface area contributed by atoms with Crippen LogP contribution in [0.2, 0.25) is 0 Å². The molecule has 0 atom stereocenters. The fourth-order valence-corrected chi connectivity index (χ4v) is 5.13. The molecule has 9 heteroatoms. The van der Waals surface area contributed by atoms with Crippen LogP contribution in [0.5, 0.6) is 5.75 Å². The third-order valence-electron chi connectivity index (χ3n) is 5.43. The van der Waals surface area contributed by atoms with Gasteiger partial charge in [0.2, 0.25) is 15.9 Å². The molecule has 182 valence electrons. The summed E-state index contributed by atoms with van der Waals surface area (Å²) in [7, 11) is -3.53. The molecule has 0 fully saturated rings. The van der Waals surface area contributed by atoms with Gasteiger partial charge in [0.25, 0.3) is 0 Å². The molecule has 0 N–H and O–H groups in total. The van der Waals surface area contributed by atoms with Crippen molar-refractivity contribution in [2.45, 2.75) is 25.7 Å². The molecule has 0 aliphatic carbocycles. The Morgan fingerprint density at radius 1 is 0.971 bits per heavy atom. The lowest BCUT2D eigenvalue weighted by Gasteiger charge is -2.18. The lowest BCUT2D eigenvalue weighted by atomic mass is 10.2. The third-order valence-corrected chi connectivity index (χ3v) is 7.49. The second-order valence-electron chi connectivity index (χ2n) is 7.58. The Balaban J connectivity index is 1.56. The Hall–Kier alpha value is -3.69. The Kier molecular flexibility index (Phi) is 7.18. The molecular formula is C26H26N2O6S. The van der Waals surface area contributed by atoms with Gasteiger partial charge in [0.1, 0.15) is 17.3 Å². The Morgan fingerprint density at radius 2 is 1.69 bits per heavy atom. The average Bonchev–Trinajstić information content (AvgIpc) is 3.47. The highest BCUT2D eigenvalue weighted by atomic mass is 32.2. The first-order chi connectivity index (χ1) is 16.9. The highest BCUT2D eigenvalue weighted by molar-refractivity contribution is 7.89. The lowest BCUT2D eigenvalue weighted by molar-refractivity contribution is -0.129. The van der Waals surface area contributed by atoms with Gasteiger partial charge in [-0.2, -0.15) is 4.31 Å². The van der Waals surface area contributed by atoms with E-state index in [1.54, 1.807) is 62.4 Å². The molecule has 1 aliphatic heterocycles. The number of benzene rings is 2. The number of esters is 1. The van der Waals surface area contributed by atoms with Crippen molar-refractivity contribution in [3.05, 3.63) is 77.7 Å². The predicted molar refractivity (Wildman–Crippen MR) is 132 cm³/mol. The number of nitrogens with zero attached hydrogens (tertiary/aromatic N) is 2. The lowest BCUT2D eigenvalue weighted by Crippen LogP contribution is -2.30. The van der Waals surface area contributed by atoms with Crippen LogP contribution in [0.25, 0.3) is 17.4 Å². The number of cyclic esters (lactones) is 1. The summed E-state index contributed by atoms with van der Waals surface area (Å²) in [5.74, 6) is 1.10. The molecule has 0 unspecified atom stereocenters. The quantitative estimate of drug-likeness (QED) is 0.315. The van der Waals surface area contributed by atoms with Gasteiger partial charge < -0.3 is 13.9 Å². The molecule has 3 aromatic rings. The van der Waals surface area contributed by atoms with Gasteiger partial charge in [0.15, 0.2) is 5.70 Å². The van der Waals surface area contributed by atoms with Crippen molar-refractivity contribution < 1.29 is 27.1 Å². The summed E-state index contributed by atoms with van der Waals surface area (Å²) in [4.78, 5) is 16.9. The van der Waals surface area contributed by atoms with Crippen molar-refractivity contribution in [1.82, 2.24) is 4.31 Å². The van der Waals surface area contributed by atoms with E-state index in [-0.39, 0.29) is 16.5 Å². The van der Waals surface area contributed by atoms with E-state index in [0.717, 1.165) is 0 Å². The van der Waals surface area contributed by atoms with E-state index < -0.39 is 16.0 Å². The van der Waals surface area contributed by atoms with Crippen LogP contribution in [-0.2, 0) is 19.6 Å². The minimum atomic E-state index is -3.53. The molecule has 35 heavy (non-hydrogen) atoms. The van der Waals surface area contributed by atoms with Crippen LogP contribution >= 0.6 is 0 Å². The van der Waals surface area contributed by atoms with Crippen molar-refractivity contribution >= 4 is 28.0 Å². The smallest absolute Gasteiger partial charge is 0.363 e. The van der Waals surface area contributed by atoms with Crippen LogP contribution in [-0.4, -0.2) is 44.3 Å². The molecule has 2 aromatic carbocycles. The van der Waals surface area contributed by atoms with Gasteiger partial charge in [-0.15, -0.1) is 0 Å². The summed E-state index contributed by atoms with van der Waals surface area (Å²) in [5.41, 5.74) is 1.40. The number of aliphatic imine (C=N–C) groups is 1. The van der Waals surface area contributed by atoms with E-state index in [1.165, 1.54) is 10.4 Å². The summed E-state index contributed by atoms with van der Waals surface area (Å²) in [5, 5.41) is 0. The molecule has 2 heterocycles. The summed E-state index contributed by atoms with van der Waals surface area (Å²) < 4.78 is 43.6. The normalized spacial score (nSPS) is 14.9. The number of furan rings is 1. The SMILES string of the molecule is CCOc1ccccc1C1=N/C(=C\c2ccc(-c3ccc(S(=O)(=O)N(CC)CC)cc3)o2)C(=O)O1. The number of carbonyl (C=O) groups is 1. The monoisotopic (exact) mass is 494 g/mol. The molecule has 0 saturated carbocycles. The number of sulfonamides is 1. The first kappa shape index (κ1) is 24.4. The Labute approximate surface area is 204 Å². The fraction of sp³-hybridized carbons (Fsp3) is 0.231. The highest BCUT2D eigenvalue weighted by Crippen LogP contribution is 2.28. The molecule has 0 radical (unpaired) electrons. The van der Waals surface area contributed by atoms with Gasteiger partial charge in [-0.3, -0.25) is 0 Å². The van der Waals surface area contributed by atoms with E-state index in [4.69, 9.17) is 13.9 Å². The fourth-order valence-electron chi connectivity index (χ4n) is 3.67. The van der Waals surface area contributed by atoms with E-state index >= 15 is 0 Å². The molecule has 0 saturated heterocycles. The van der Waals surface area contributed by atoms with Crippen LogP contribution in [0.4, 0.5) is 0 Å². The highest BCUT2D eigenvalue weighted by Gasteiger charge is 2.27. The first-order valence-corrected chi connectivity index (χ1v) is 12.8. The van der Waals surface area contributed by atoms with E-state index in [9.17, 15) is 13.2 Å². The van der Waals surface area contributed by atoms with Crippen LogP contribution in [0, 0.1) is 0 Å². The van der Waals surface area contributed by atoms with Gasteiger partial charge in [-0.1, -0.05) is 26.0 Å². The van der Waals surface area contributed by atoms with Gasteiger partial charge >= 0.3 is 5.97 Å². The maximum absolute atomic E-state index is 12.7. The minimum Gasteiger partial charge on any atom is -0.493 e. The van der Waals surface area contributed by atoms with E-state index in [1.807, 2.05) is 19.1 Å². The van der Waals surface area contributed by atoms with Crippen molar-refractivity contribution in [3.63, 3.8) is 0 Å². The number of rotatable bonds is 9. The summed E-state index contributed by atoms with van der Waals surface area (Å²) in [6, 6.07) is 17.2. The van der Waals surface area contributed by atoms with Crippen LogP contribution in [0.1, 0.15) is 32.1 Å². The number of ether oxygens (including phenoxy) is 2. The van der Waals surface area contributed by atoms with Gasteiger partial charge in [-0.25, -0.2) is 18.2 Å². The zero-order valence-corrected chi connectivity index (χ0v) is 20.5. The average molecular weight is 495 g/mol. The topological polar surface area (TPSA) is 98.4 Å². The van der Waals surface area contributed by atoms with Gasteiger partial charge in [0, 0.05) is 24.7 Å². The number of carbonyl (C=O) groups excluding carboxylic acids is 1. The van der Waals surface area contributed by atoms with E-state index in [2.05, 4.69) is 4.99 Å². The molecular weight excluding hydrogens is 468 g/mol. The summed E-state index contributed by atoms with van der Waals surface area (Å²) in [6.45, 7) is 6.76. The number of hydrogen-bond donors (Lipinski definition) is 0. The zero-order chi connectivity index (χ0) is 25.0. The zero-order valence-electron chi connectivity index (χ0n) is 19.7. The molecule has 0 spiro atoms. The van der Waals surface area contributed by atoms with Crippen molar-refractivity contribution in [1.29, 1.82) is 0 Å². The number of hydrogen-bond acceptors (Lipinski definition) is 7. The maximum atomic E-state index is 12.7. The van der Waals surface area contributed by atoms with E-state index in [0.29, 0.717) is 48.1 Å².